The third-order valence-corrected chi connectivity index (χ3v) is 4.25. The minimum absolute atomic E-state index is 0.283. The van der Waals surface area contributed by atoms with Crippen LogP contribution in [0.1, 0.15) is 0 Å². The second kappa shape index (κ2) is 4.97. The van der Waals surface area contributed by atoms with Crippen molar-refractivity contribution in [3.63, 3.8) is 0 Å². The highest BCUT2D eigenvalue weighted by molar-refractivity contribution is 7.91. The van der Waals surface area contributed by atoms with Crippen molar-refractivity contribution in [2.24, 2.45) is 0 Å². The van der Waals surface area contributed by atoms with Crippen LogP contribution in [0.4, 0.5) is 14.5 Å². The van der Waals surface area contributed by atoms with Crippen LogP contribution in [-0.4, -0.2) is 13.3 Å². The average Bonchev–Trinajstić information content (AvgIpc) is 2.37. The molecule has 0 radical (unpaired) electrons. The summed E-state index contributed by atoms with van der Waals surface area (Å²) in [6.45, 7) is 0. The van der Waals surface area contributed by atoms with Crippen molar-refractivity contribution in [1.82, 2.24) is 0 Å². The Labute approximate surface area is 112 Å². The summed E-state index contributed by atoms with van der Waals surface area (Å²) in [7, 11) is -4.13. The van der Waals surface area contributed by atoms with Crippen molar-refractivity contribution in [2.75, 3.05) is 0 Å². The van der Waals surface area contributed by atoms with E-state index in [-0.39, 0.29) is 10.6 Å². The van der Waals surface area contributed by atoms with Crippen molar-refractivity contribution >= 4 is 15.5 Å². The fraction of sp³-hybridized carbons (Fsp3) is 0. The van der Waals surface area contributed by atoms with E-state index in [2.05, 4.69) is 0 Å². The number of rotatable bonds is 3. The highest BCUT2D eigenvalue weighted by atomic mass is 32.2. The number of benzene rings is 2. The highest BCUT2D eigenvalue weighted by Crippen LogP contribution is 2.24. The summed E-state index contributed by atoms with van der Waals surface area (Å²) < 4.78 is 50.3. The number of hydrogen-bond acceptors (Lipinski definition) is 4. The van der Waals surface area contributed by atoms with Crippen LogP contribution in [0.2, 0.25) is 0 Å². The smallest absolute Gasteiger partial charge is 0.258 e. The van der Waals surface area contributed by atoms with Gasteiger partial charge in [0.15, 0.2) is 0 Å². The van der Waals surface area contributed by atoms with Crippen molar-refractivity contribution in [3.8, 4) is 0 Å². The van der Waals surface area contributed by atoms with Crippen LogP contribution >= 0.6 is 0 Å². The van der Waals surface area contributed by atoms with Gasteiger partial charge in [0.2, 0.25) is 9.84 Å². The summed E-state index contributed by atoms with van der Waals surface area (Å²) in [5, 5.41) is 10.5. The molecule has 0 atom stereocenters. The van der Waals surface area contributed by atoms with Crippen LogP contribution in [0.15, 0.2) is 52.3 Å². The van der Waals surface area contributed by atoms with Gasteiger partial charge in [0, 0.05) is 18.2 Å². The first-order valence-corrected chi connectivity index (χ1v) is 6.74. The number of non-ortho nitro benzene ring substituents is 1. The van der Waals surface area contributed by atoms with Crippen LogP contribution in [0.25, 0.3) is 0 Å². The SMILES string of the molecule is O=[N+]([O-])c1ccc(S(=O)(=O)c2cc(F)cc(F)c2)cc1. The first-order chi connectivity index (χ1) is 9.30. The molecule has 0 aliphatic carbocycles. The van der Waals surface area contributed by atoms with E-state index in [9.17, 15) is 27.3 Å². The fourth-order valence-corrected chi connectivity index (χ4v) is 2.87. The minimum Gasteiger partial charge on any atom is -0.258 e. The van der Waals surface area contributed by atoms with Gasteiger partial charge in [-0.2, -0.15) is 0 Å². The maximum absolute atomic E-state index is 13.1. The predicted molar refractivity (Wildman–Crippen MR) is 64.9 cm³/mol. The Morgan fingerprint density at radius 2 is 1.40 bits per heavy atom. The van der Waals surface area contributed by atoms with Crippen LogP contribution in [-0.2, 0) is 9.84 Å². The molecule has 2 rings (SSSR count). The number of hydrogen-bond donors (Lipinski definition) is 0. The number of sulfone groups is 1. The predicted octanol–water partition coefficient (Wildman–Crippen LogP) is 2.71. The average molecular weight is 299 g/mol. The Balaban J connectivity index is 2.51. The van der Waals surface area contributed by atoms with E-state index in [1.54, 1.807) is 0 Å². The fourth-order valence-electron chi connectivity index (χ4n) is 1.57. The molecule has 0 fully saturated rings. The van der Waals surface area contributed by atoms with Gasteiger partial charge < -0.3 is 0 Å². The third kappa shape index (κ3) is 2.64. The largest absolute Gasteiger partial charge is 0.269 e. The monoisotopic (exact) mass is 299 g/mol. The summed E-state index contributed by atoms with van der Waals surface area (Å²) in [5.41, 5.74) is -0.283. The van der Waals surface area contributed by atoms with Gasteiger partial charge in [0.25, 0.3) is 5.69 Å². The highest BCUT2D eigenvalue weighted by Gasteiger charge is 2.20. The lowest BCUT2D eigenvalue weighted by Gasteiger charge is -2.05. The summed E-state index contributed by atoms with van der Waals surface area (Å²) in [6.07, 6.45) is 0. The Bertz CT molecular complexity index is 752. The topological polar surface area (TPSA) is 77.3 Å². The summed E-state index contributed by atoms with van der Waals surface area (Å²) in [5.74, 6) is -2.05. The van der Waals surface area contributed by atoms with Gasteiger partial charge in [0.05, 0.1) is 14.7 Å². The van der Waals surface area contributed by atoms with Crippen LogP contribution in [0.3, 0.4) is 0 Å². The lowest BCUT2D eigenvalue weighted by molar-refractivity contribution is -0.384. The van der Waals surface area contributed by atoms with E-state index in [1.807, 2.05) is 0 Å². The Morgan fingerprint density at radius 3 is 1.85 bits per heavy atom. The minimum atomic E-state index is -4.13. The van der Waals surface area contributed by atoms with E-state index < -0.39 is 31.3 Å². The molecule has 0 heterocycles. The Kier molecular flexibility index (Phi) is 3.49. The number of halogens is 2. The van der Waals surface area contributed by atoms with Crippen molar-refractivity contribution in [3.05, 3.63) is 64.2 Å². The zero-order chi connectivity index (χ0) is 14.9. The first kappa shape index (κ1) is 14.1. The standard InChI is InChI=1S/C12H7F2NO4S/c13-8-5-9(14)7-12(6-8)20(18,19)11-3-1-10(2-4-11)15(16)17/h1-7H. The molecule has 0 saturated carbocycles. The molecule has 0 N–H and O–H groups in total. The van der Waals surface area contributed by atoms with E-state index in [1.165, 1.54) is 0 Å². The van der Waals surface area contributed by atoms with Gasteiger partial charge in [-0.3, -0.25) is 10.1 Å². The van der Waals surface area contributed by atoms with Gasteiger partial charge in [-0.05, 0) is 24.3 Å². The van der Waals surface area contributed by atoms with Gasteiger partial charge in [-0.15, -0.1) is 0 Å². The van der Waals surface area contributed by atoms with Crippen molar-refractivity contribution < 1.29 is 22.1 Å². The molecular formula is C12H7F2NO4S. The second-order valence-electron chi connectivity index (χ2n) is 3.86. The maximum atomic E-state index is 13.1. The number of nitrogens with zero attached hydrogens (tertiary/aromatic N) is 1. The molecule has 0 amide bonds. The van der Waals surface area contributed by atoms with Crippen molar-refractivity contribution in [1.29, 1.82) is 0 Å². The van der Waals surface area contributed by atoms with Crippen molar-refractivity contribution in [2.45, 2.75) is 9.79 Å². The van der Waals surface area contributed by atoms with Gasteiger partial charge in [-0.1, -0.05) is 0 Å². The molecule has 0 aromatic heterocycles. The molecule has 0 spiro atoms. The number of nitro benzene ring substituents is 1. The molecule has 0 unspecified atom stereocenters. The molecule has 5 nitrogen and oxygen atoms in total. The summed E-state index contributed by atoms with van der Waals surface area (Å²) in [4.78, 5) is 8.96. The molecule has 2 aromatic rings. The molecule has 0 bridgehead atoms. The van der Waals surface area contributed by atoms with Gasteiger partial charge >= 0.3 is 0 Å². The van der Waals surface area contributed by atoms with E-state index in [0.29, 0.717) is 18.2 Å². The molecule has 0 aliphatic rings. The molecule has 104 valence electrons. The first-order valence-electron chi connectivity index (χ1n) is 5.26. The molecular weight excluding hydrogens is 292 g/mol. The zero-order valence-corrected chi connectivity index (χ0v) is 10.6. The van der Waals surface area contributed by atoms with E-state index >= 15 is 0 Å². The molecule has 20 heavy (non-hydrogen) atoms. The van der Waals surface area contributed by atoms with E-state index in [0.717, 1.165) is 24.3 Å². The van der Waals surface area contributed by atoms with Gasteiger partial charge in [0.1, 0.15) is 11.6 Å². The molecule has 8 heteroatoms. The lowest BCUT2D eigenvalue weighted by Crippen LogP contribution is -2.03. The van der Waals surface area contributed by atoms with Gasteiger partial charge in [-0.25, -0.2) is 17.2 Å². The van der Waals surface area contributed by atoms with Crippen LogP contribution in [0, 0.1) is 21.7 Å². The quantitative estimate of drug-likeness (QED) is 0.645. The Morgan fingerprint density at radius 1 is 0.900 bits per heavy atom. The van der Waals surface area contributed by atoms with Crippen LogP contribution in [0.5, 0.6) is 0 Å². The Hall–Kier alpha value is -2.35. The normalized spacial score (nSPS) is 11.3. The summed E-state index contributed by atoms with van der Waals surface area (Å²) in [6, 6.07) is 5.94. The molecule has 0 aliphatic heterocycles. The second-order valence-corrected chi connectivity index (χ2v) is 5.81. The van der Waals surface area contributed by atoms with E-state index in [4.69, 9.17) is 0 Å². The van der Waals surface area contributed by atoms with Crippen LogP contribution < -0.4 is 0 Å². The maximum Gasteiger partial charge on any atom is 0.269 e. The molecule has 0 saturated heterocycles. The lowest BCUT2D eigenvalue weighted by atomic mass is 10.3. The third-order valence-electron chi connectivity index (χ3n) is 2.50. The zero-order valence-electron chi connectivity index (χ0n) is 9.79. The molecule has 2 aromatic carbocycles. The summed E-state index contributed by atoms with van der Waals surface area (Å²) >= 11 is 0. The number of nitro groups is 1.